The number of carboxylic acid groups (broad SMARTS) is 1. The number of rotatable bonds is 10. The summed E-state index contributed by atoms with van der Waals surface area (Å²) < 4.78 is 27.3. The topological polar surface area (TPSA) is 84.2 Å². The molecule has 3 atom stereocenters. The van der Waals surface area contributed by atoms with Crippen LogP contribution in [0.3, 0.4) is 0 Å². The van der Waals surface area contributed by atoms with Crippen LogP contribution in [0.2, 0.25) is 0 Å². The molecule has 2 aromatic carbocycles. The maximum Gasteiger partial charge on any atom is 0.321 e. The van der Waals surface area contributed by atoms with E-state index in [0.29, 0.717) is 43.6 Å². The maximum absolute atomic E-state index is 13.7. The third kappa shape index (κ3) is 7.27. The van der Waals surface area contributed by atoms with E-state index < -0.39 is 35.0 Å². The molecule has 2 aromatic rings. The number of aliphatic carboxylic acids is 1. The molecule has 1 saturated carbocycles. The van der Waals surface area contributed by atoms with E-state index in [1.54, 1.807) is 0 Å². The van der Waals surface area contributed by atoms with Crippen LogP contribution in [-0.4, -0.2) is 75.5 Å². The van der Waals surface area contributed by atoms with Gasteiger partial charge in [0.2, 0.25) is 0 Å². The fraction of sp³-hybridized carbons (Fsp3) is 0.606. The summed E-state index contributed by atoms with van der Waals surface area (Å²) in [7, 11) is 0. The SMILES string of the molecule is O=C(O)[C@@H](C1CCCCC1)N1C[C@H](CN2CCC(O)(CCCc3cc(F)c(O)c(F)c3)CC2)[C@@H](c2ccccc2)C1. The molecule has 6 nitrogen and oxygen atoms in total. The number of halogens is 2. The summed E-state index contributed by atoms with van der Waals surface area (Å²) in [6, 6.07) is 12.4. The summed E-state index contributed by atoms with van der Waals surface area (Å²) >= 11 is 0. The lowest BCUT2D eigenvalue weighted by Crippen LogP contribution is -2.47. The zero-order valence-corrected chi connectivity index (χ0v) is 23.9. The lowest BCUT2D eigenvalue weighted by atomic mass is 9.83. The monoisotopic (exact) mass is 570 g/mol. The number of aromatic hydroxyl groups is 1. The quantitative estimate of drug-likeness (QED) is 0.347. The number of aryl methyl sites for hydroxylation is 1. The van der Waals surface area contributed by atoms with E-state index in [1.165, 1.54) is 12.0 Å². The predicted octanol–water partition coefficient (Wildman–Crippen LogP) is 5.57. The predicted molar refractivity (Wildman–Crippen MR) is 154 cm³/mol. The number of likely N-dealkylation sites (tertiary alicyclic amines) is 2. The fourth-order valence-electron chi connectivity index (χ4n) is 7.62. The van der Waals surface area contributed by atoms with Crippen LogP contribution in [0.1, 0.15) is 74.8 Å². The normalized spacial score (nSPS) is 24.9. The highest BCUT2D eigenvalue weighted by Crippen LogP contribution is 2.39. The smallest absolute Gasteiger partial charge is 0.321 e. The van der Waals surface area contributed by atoms with Crippen molar-refractivity contribution in [1.82, 2.24) is 9.80 Å². The van der Waals surface area contributed by atoms with Crippen LogP contribution < -0.4 is 0 Å². The van der Waals surface area contributed by atoms with Gasteiger partial charge in [-0.05, 0) is 80.0 Å². The highest BCUT2D eigenvalue weighted by atomic mass is 19.1. The summed E-state index contributed by atoms with van der Waals surface area (Å²) in [6.07, 6.45) is 8.29. The van der Waals surface area contributed by atoms with Crippen LogP contribution in [0.5, 0.6) is 5.75 Å². The second kappa shape index (κ2) is 13.2. The first-order chi connectivity index (χ1) is 19.7. The summed E-state index contributed by atoms with van der Waals surface area (Å²) in [5.41, 5.74) is 0.938. The minimum atomic E-state index is -0.959. The lowest BCUT2D eigenvalue weighted by Gasteiger charge is -2.40. The van der Waals surface area contributed by atoms with Gasteiger partial charge in [0.15, 0.2) is 17.4 Å². The summed E-state index contributed by atoms with van der Waals surface area (Å²) in [5.74, 6) is -2.76. The molecule has 0 unspecified atom stereocenters. The molecule has 8 heteroatoms. The molecule has 2 aliphatic heterocycles. The standard InChI is InChI=1S/C33H44F2N2O4/c34-28-18-23(19-29(35)31(28)38)8-7-13-33(41)14-16-36(17-15-33)20-26-21-37(22-27(26)24-9-3-1-4-10-24)30(32(39)40)25-11-5-2-6-12-25/h1,3-4,9-10,18-19,25-27,30,38,41H,2,5-8,11-17,20-22H2,(H,39,40)/t26-,27+,30+/m0/s1. The van der Waals surface area contributed by atoms with Crippen molar-refractivity contribution in [2.75, 3.05) is 32.7 Å². The molecule has 224 valence electrons. The van der Waals surface area contributed by atoms with E-state index in [1.807, 2.05) is 6.07 Å². The Morgan fingerprint density at radius 3 is 2.29 bits per heavy atom. The van der Waals surface area contributed by atoms with Crippen molar-refractivity contribution >= 4 is 5.97 Å². The van der Waals surface area contributed by atoms with Crippen molar-refractivity contribution in [2.45, 2.75) is 81.8 Å². The first kappa shape index (κ1) is 29.9. The maximum atomic E-state index is 13.7. The van der Waals surface area contributed by atoms with Gasteiger partial charge in [0.25, 0.3) is 0 Å². The van der Waals surface area contributed by atoms with Gasteiger partial charge in [0.05, 0.1) is 5.60 Å². The van der Waals surface area contributed by atoms with Crippen LogP contribution >= 0.6 is 0 Å². The molecule has 5 rings (SSSR count). The summed E-state index contributed by atoms with van der Waals surface area (Å²) in [4.78, 5) is 17.2. The Morgan fingerprint density at radius 2 is 1.66 bits per heavy atom. The number of aliphatic hydroxyl groups is 1. The zero-order valence-electron chi connectivity index (χ0n) is 23.9. The van der Waals surface area contributed by atoms with Crippen molar-refractivity contribution < 1.29 is 28.9 Å². The molecule has 0 spiro atoms. The first-order valence-electron chi connectivity index (χ1n) is 15.4. The molecule has 3 N–H and O–H groups in total. The molecular formula is C33H44F2N2O4. The second-order valence-corrected chi connectivity index (χ2v) is 12.7. The number of benzene rings is 2. The average Bonchev–Trinajstić information content (AvgIpc) is 3.37. The largest absolute Gasteiger partial charge is 0.503 e. The number of carboxylic acids is 1. The van der Waals surface area contributed by atoms with Gasteiger partial charge in [0.1, 0.15) is 6.04 Å². The molecule has 0 amide bonds. The molecule has 3 aliphatic rings. The van der Waals surface area contributed by atoms with Crippen LogP contribution in [0.25, 0.3) is 0 Å². The van der Waals surface area contributed by atoms with Crippen molar-refractivity contribution in [3.63, 3.8) is 0 Å². The van der Waals surface area contributed by atoms with Crippen LogP contribution in [0, 0.1) is 23.5 Å². The first-order valence-corrected chi connectivity index (χ1v) is 15.4. The number of nitrogens with zero attached hydrogens (tertiary/aromatic N) is 2. The molecule has 2 saturated heterocycles. The van der Waals surface area contributed by atoms with E-state index in [4.69, 9.17) is 0 Å². The third-order valence-electron chi connectivity index (χ3n) is 9.90. The van der Waals surface area contributed by atoms with Crippen molar-refractivity contribution in [3.8, 4) is 5.75 Å². The number of piperidine rings is 1. The van der Waals surface area contributed by atoms with Gasteiger partial charge in [-0.15, -0.1) is 0 Å². The lowest BCUT2D eigenvalue weighted by molar-refractivity contribution is -0.145. The summed E-state index contributed by atoms with van der Waals surface area (Å²) in [5, 5.41) is 30.8. The Bertz CT molecular complexity index is 1140. The fourth-order valence-corrected chi connectivity index (χ4v) is 7.62. The minimum Gasteiger partial charge on any atom is -0.503 e. The van der Waals surface area contributed by atoms with Gasteiger partial charge in [-0.25, -0.2) is 8.78 Å². The molecule has 2 heterocycles. The number of hydrogen-bond donors (Lipinski definition) is 3. The molecule has 0 aromatic heterocycles. The van der Waals surface area contributed by atoms with Gasteiger partial charge < -0.3 is 20.2 Å². The van der Waals surface area contributed by atoms with Gasteiger partial charge in [-0.3, -0.25) is 9.69 Å². The van der Waals surface area contributed by atoms with Gasteiger partial charge in [-0.1, -0.05) is 49.6 Å². The van der Waals surface area contributed by atoms with Crippen LogP contribution in [-0.2, 0) is 11.2 Å². The number of hydrogen-bond acceptors (Lipinski definition) is 5. The Morgan fingerprint density at radius 1 is 1.00 bits per heavy atom. The molecular weight excluding hydrogens is 526 g/mol. The van der Waals surface area contributed by atoms with E-state index in [2.05, 4.69) is 34.1 Å². The average molecular weight is 571 g/mol. The molecule has 41 heavy (non-hydrogen) atoms. The Hall–Kier alpha value is -2.55. The van der Waals surface area contributed by atoms with Gasteiger partial charge in [-0.2, -0.15) is 0 Å². The highest BCUT2D eigenvalue weighted by molar-refractivity contribution is 5.74. The van der Waals surface area contributed by atoms with Crippen LogP contribution in [0.15, 0.2) is 42.5 Å². The van der Waals surface area contributed by atoms with Gasteiger partial charge in [0, 0.05) is 38.6 Å². The van der Waals surface area contributed by atoms with Crippen LogP contribution in [0.4, 0.5) is 8.78 Å². The number of phenolic OH excluding ortho intramolecular Hbond substituents is 1. The van der Waals surface area contributed by atoms with Crippen molar-refractivity contribution in [3.05, 3.63) is 65.2 Å². The van der Waals surface area contributed by atoms with Crippen molar-refractivity contribution in [1.29, 1.82) is 0 Å². The number of phenols is 1. The second-order valence-electron chi connectivity index (χ2n) is 12.7. The molecule has 3 fully saturated rings. The van der Waals surface area contributed by atoms with Gasteiger partial charge >= 0.3 is 5.97 Å². The molecule has 1 aliphatic carbocycles. The number of carbonyl (C=O) groups is 1. The molecule has 0 bridgehead atoms. The van der Waals surface area contributed by atoms with E-state index in [0.717, 1.165) is 70.5 Å². The Kier molecular flexibility index (Phi) is 9.62. The summed E-state index contributed by atoms with van der Waals surface area (Å²) in [6.45, 7) is 3.94. The Labute approximate surface area is 242 Å². The van der Waals surface area contributed by atoms with E-state index >= 15 is 0 Å². The third-order valence-corrected chi connectivity index (χ3v) is 9.90. The highest BCUT2D eigenvalue weighted by Gasteiger charge is 2.43. The minimum absolute atomic E-state index is 0.218. The van der Waals surface area contributed by atoms with E-state index in [9.17, 15) is 28.9 Å². The van der Waals surface area contributed by atoms with Crippen molar-refractivity contribution in [2.24, 2.45) is 11.8 Å². The Balaban J connectivity index is 1.18. The zero-order chi connectivity index (χ0) is 29.0. The van der Waals surface area contributed by atoms with E-state index in [-0.39, 0.29) is 11.8 Å². The molecule has 0 radical (unpaired) electrons.